The smallest absolute Gasteiger partial charge is 0.126 e. The van der Waals surface area contributed by atoms with Crippen molar-refractivity contribution in [3.8, 4) is 0 Å². The van der Waals surface area contributed by atoms with E-state index in [1.165, 1.54) is 11.1 Å². The fraction of sp³-hybridized carbons (Fsp3) is 0.375. The van der Waals surface area contributed by atoms with Crippen LogP contribution in [0.3, 0.4) is 0 Å². The Bertz CT molecular complexity index is 462. The molecule has 0 fully saturated rings. The number of hydrogen-bond acceptors (Lipinski definition) is 4. The van der Waals surface area contributed by atoms with Crippen molar-refractivity contribution in [2.24, 2.45) is 0 Å². The molecule has 0 spiro atoms. The number of nitrogens with zero attached hydrogens (tertiary/aromatic N) is 2. The van der Waals surface area contributed by atoms with Gasteiger partial charge in [0, 0.05) is 11.4 Å². The van der Waals surface area contributed by atoms with Crippen molar-refractivity contribution in [3.05, 3.63) is 45.8 Å². The van der Waals surface area contributed by atoms with E-state index in [9.17, 15) is 0 Å². The zero-order valence-electron chi connectivity index (χ0n) is 13.2. The van der Waals surface area contributed by atoms with Crippen LogP contribution in [0.15, 0.2) is 12.1 Å². The van der Waals surface area contributed by atoms with Gasteiger partial charge in [0.25, 0.3) is 0 Å². The second-order valence-corrected chi connectivity index (χ2v) is 5.19. The van der Waals surface area contributed by atoms with Gasteiger partial charge in [-0.1, -0.05) is 12.1 Å². The first-order chi connectivity index (χ1) is 9.22. The minimum atomic E-state index is 0.642. The molecule has 0 amide bonds. The standard InChI is InChI=1S/2C8H12N2/c2*1-5-4-6(2)8(9)10-7(5)3/h2*4H,1-3H3,(H2,9,10). The molecule has 2 heterocycles. The van der Waals surface area contributed by atoms with Gasteiger partial charge in [-0.05, 0) is 63.8 Å². The molecule has 4 N–H and O–H groups in total. The van der Waals surface area contributed by atoms with Crippen molar-refractivity contribution in [3.63, 3.8) is 0 Å². The summed E-state index contributed by atoms with van der Waals surface area (Å²) in [6.45, 7) is 11.9. The molecule has 2 rings (SSSR count). The van der Waals surface area contributed by atoms with Crippen LogP contribution in [0, 0.1) is 41.5 Å². The van der Waals surface area contributed by atoms with Gasteiger partial charge >= 0.3 is 0 Å². The summed E-state index contributed by atoms with van der Waals surface area (Å²) in [5, 5.41) is 0. The minimum absolute atomic E-state index is 0.642. The molecule has 0 aliphatic heterocycles. The van der Waals surface area contributed by atoms with E-state index in [1.807, 2.05) is 41.5 Å². The molecular weight excluding hydrogens is 248 g/mol. The van der Waals surface area contributed by atoms with Gasteiger partial charge in [-0.3, -0.25) is 0 Å². The fourth-order valence-electron chi connectivity index (χ4n) is 1.72. The number of aryl methyl sites for hydroxylation is 6. The van der Waals surface area contributed by atoms with E-state index in [4.69, 9.17) is 11.5 Å². The Balaban J connectivity index is 0.000000200. The molecule has 0 aliphatic carbocycles. The van der Waals surface area contributed by atoms with Crippen LogP contribution in [0.4, 0.5) is 11.6 Å². The molecule has 0 saturated carbocycles. The SMILES string of the molecule is Cc1cc(C)c(N)nc1C.Cc1cc(C)c(N)nc1C. The highest BCUT2D eigenvalue weighted by Crippen LogP contribution is 2.12. The maximum absolute atomic E-state index is 5.58. The molecule has 4 nitrogen and oxygen atoms in total. The first kappa shape index (κ1) is 16.0. The van der Waals surface area contributed by atoms with Crippen LogP contribution in [-0.4, -0.2) is 9.97 Å². The average Bonchev–Trinajstić information content (AvgIpc) is 2.35. The van der Waals surface area contributed by atoms with Crippen LogP contribution in [-0.2, 0) is 0 Å². The predicted octanol–water partition coefficient (Wildman–Crippen LogP) is 3.18. The normalized spacial score (nSPS) is 9.90. The van der Waals surface area contributed by atoms with Crippen molar-refractivity contribution in [2.75, 3.05) is 11.5 Å². The molecular formula is C16H24N4. The lowest BCUT2D eigenvalue weighted by Gasteiger charge is -2.02. The van der Waals surface area contributed by atoms with E-state index in [0.29, 0.717) is 11.6 Å². The lowest BCUT2D eigenvalue weighted by Crippen LogP contribution is -1.97. The second-order valence-electron chi connectivity index (χ2n) is 5.19. The Kier molecular flexibility index (Phi) is 5.08. The maximum Gasteiger partial charge on any atom is 0.126 e. The van der Waals surface area contributed by atoms with Crippen LogP contribution in [0.1, 0.15) is 33.6 Å². The summed E-state index contributed by atoms with van der Waals surface area (Å²) in [5.74, 6) is 1.28. The molecule has 2 aromatic heterocycles. The van der Waals surface area contributed by atoms with Gasteiger partial charge in [0.05, 0.1) is 0 Å². The van der Waals surface area contributed by atoms with Gasteiger partial charge < -0.3 is 11.5 Å². The number of aromatic nitrogens is 2. The van der Waals surface area contributed by atoms with E-state index in [0.717, 1.165) is 22.5 Å². The first-order valence-electron chi connectivity index (χ1n) is 6.63. The summed E-state index contributed by atoms with van der Waals surface area (Å²) in [7, 11) is 0. The van der Waals surface area contributed by atoms with Crippen LogP contribution >= 0.6 is 0 Å². The van der Waals surface area contributed by atoms with Crippen molar-refractivity contribution in [2.45, 2.75) is 41.5 Å². The highest BCUT2D eigenvalue weighted by molar-refractivity contribution is 5.42. The zero-order valence-corrected chi connectivity index (χ0v) is 13.2. The Labute approximate surface area is 121 Å². The number of anilines is 2. The zero-order chi connectivity index (χ0) is 15.4. The third-order valence-corrected chi connectivity index (χ3v) is 3.39. The molecule has 2 aromatic rings. The number of nitrogen functional groups attached to an aromatic ring is 2. The summed E-state index contributed by atoms with van der Waals surface area (Å²) in [5.41, 5.74) is 17.7. The van der Waals surface area contributed by atoms with Crippen molar-refractivity contribution in [1.82, 2.24) is 9.97 Å². The van der Waals surface area contributed by atoms with Gasteiger partial charge in [0.2, 0.25) is 0 Å². The highest BCUT2D eigenvalue weighted by atomic mass is 14.8. The minimum Gasteiger partial charge on any atom is -0.383 e. The molecule has 0 unspecified atom stereocenters. The summed E-state index contributed by atoms with van der Waals surface area (Å²) in [6, 6.07) is 4.11. The number of pyridine rings is 2. The Morgan fingerprint density at radius 3 is 1.15 bits per heavy atom. The average molecular weight is 272 g/mol. The largest absolute Gasteiger partial charge is 0.383 e. The molecule has 0 aromatic carbocycles. The van der Waals surface area contributed by atoms with Gasteiger partial charge in [-0.2, -0.15) is 0 Å². The summed E-state index contributed by atoms with van der Waals surface area (Å²) >= 11 is 0. The monoisotopic (exact) mass is 272 g/mol. The fourth-order valence-corrected chi connectivity index (χ4v) is 1.72. The van der Waals surface area contributed by atoms with Crippen LogP contribution in [0.25, 0.3) is 0 Å². The Hall–Kier alpha value is -2.10. The van der Waals surface area contributed by atoms with E-state index in [1.54, 1.807) is 0 Å². The van der Waals surface area contributed by atoms with Gasteiger partial charge in [0.1, 0.15) is 11.6 Å². The maximum atomic E-state index is 5.58. The van der Waals surface area contributed by atoms with E-state index >= 15 is 0 Å². The van der Waals surface area contributed by atoms with Crippen molar-refractivity contribution < 1.29 is 0 Å². The lowest BCUT2D eigenvalue weighted by atomic mass is 10.2. The molecule has 4 heteroatoms. The summed E-state index contributed by atoms with van der Waals surface area (Å²) in [4.78, 5) is 8.30. The molecule has 0 radical (unpaired) electrons. The Morgan fingerprint density at radius 1 is 0.600 bits per heavy atom. The molecule has 0 bridgehead atoms. The second kappa shape index (κ2) is 6.37. The third-order valence-electron chi connectivity index (χ3n) is 3.39. The molecule has 108 valence electrons. The van der Waals surface area contributed by atoms with E-state index in [-0.39, 0.29) is 0 Å². The summed E-state index contributed by atoms with van der Waals surface area (Å²) < 4.78 is 0. The van der Waals surface area contributed by atoms with Crippen LogP contribution in [0.2, 0.25) is 0 Å². The van der Waals surface area contributed by atoms with Gasteiger partial charge in [0.15, 0.2) is 0 Å². The van der Waals surface area contributed by atoms with Crippen molar-refractivity contribution >= 4 is 11.6 Å². The first-order valence-corrected chi connectivity index (χ1v) is 6.63. The molecule has 0 atom stereocenters. The number of nitrogens with two attached hydrogens (primary N) is 2. The highest BCUT2D eigenvalue weighted by Gasteiger charge is 1.98. The quantitative estimate of drug-likeness (QED) is 0.772. The predicted molar refractivity (Wildman–Crippen MR) is 85.7 cm³/mol. The van der Waals surface area contributed by atoms with Crippen molar-refractivity contribution in [1.29, 1.82) is 0 Å². The Morgan fingerprint density at radius 2 is 0.900 bits per heavy atom. The van der Waals surface area contributed by atoms with Gasteiger partial charge in [-0.25, -0.2) is 9.97 Å². The third kappa shape index (κ3) is 3.95. The van der Waals surface area contributed by atoms with Crippen LogP contribution in [0.5, 0.6) is 0 Å². The molecule has 0 aliphatic rings. The van der Waals surface area contributed by atoms with E-state index in [2.05, 4.69) is 22.1 Å². The molecule has 0 saturated heterocycles. The van der Waals surface area contributed by atoms with Crippen LogP contribution < -0.4 is 11.5 Å². The lowest BCUT2D eigenvalue weighted by molar-refractivity contribution is 1.13. The van der Waals surface area contributed by atoms with E-state index < -0.39 is 0 Å². The summed E-state index contributed by atoms with van der Waals surface area (Å²) in [6.07, 6.45) is 0. The number of rotatable bonds is 0. The molecule has 20 heavy (non-hydrogen) atoms. The number of hydrogen-bond donors (Lipinski definition) is 2. The van der Waals surface area contributed by atoms with Gasteiger partial charge in [-0.15, -0.1) is 0 Å². The topological polar surface area (TPSA) is 77.8 Å².